The van der Waals surface area contributed by atoms with E-state index in [0.717, 1.165) is 20.8 Å². The molecule has 0 aromatic carbocycles. The Bertz CT molecular complexity index is 600. The fourth-order valence-electron chi connectivity index (χ4n) is 1.48. The molecule has 15 heavy (non-hydrogen) atoms. The van der Waals surface area contributed by atoms with Crippen LogP contribution in [-0.2, 0) is 0 Å². The van der Waals surface area contributed by atoms with Gasteiger partial charge in [0.05, 0.1) is 4.88 Å². The fourth-order valence-corrected chi connectivity index (χ4v) is 2.59. The molecule has 0 atom stereocenters. The Balaban J connectivity index is 2.38. The molecule has 0 aliphatic heterocycles. The van der Waals surface area contributed by atoms with Gasteiger partial charge in [-0.3, -0.25) is 0 Å². The third kappa shape index (κ3) is 1.48. The Morgan fingerprint density at radius 3 is 3.13 bits per heavy atom. The van der Waals surface area contributed by atoms with Gasteiger partial charge in [-0.15, -0.1) is 11.3 Å². The third-order valence-electron chi connectivity index (χ3n) is 2.10. The second kappa shape index (κ2) is 3.43. The maximum atomic E-state index is 4.46. The lowest BCUT2D eigenvalue weighted by Gasteiger charge is -2.01. The van der Waals surface area contributed by atoms with Crippen molar-refractivity contribution in [3.63, 3.8) is 0 Å². The number of thiophene rings is 1. The zero-order valence-electron chi connectivity index (χ0n) is 7.59. The van der Waals surface area contributed by atoms with E-state index in [2.05, 4.69) is 25.9 Å². The van der Waals surface area contributed by atoms with E-state index in [0.29, 0.717) is 0 Å². The van der Waals surface area contributed by atoms with Gasteiger partial charge < -0.3 is 4.40 Å². The molecule has 3 aromatic heterocycles. The lowest BCUT2D eigenvalue weighted by molar-refractivity contribution is 1.11. The predicted octanol–water partition coefficient (Wildman–Crippen LogP) is 3.22. The van der Waals surface area contributed by atoms with Crippen LogP contribution in [0.5, 0.6) is 0 Å². The molecule has 74 valence electrons. The number of aromatic nitrogens is 3. The van der Waals surface area contributed by atoms with E-state index < -0.39 is 0 Å². The first kappa shape index (κ1) is 9.06. The maximum Gasteiger partial charge on any atom is 0.164 e. The van der Waals surface area contributed by atoms with Crippen LogP contribution in [0.1, 0.15) is 0 Å². The van der Waals surface area contributed by atoms with Gasteiger partial charge in [-0.1, -0.05) is 6.07 Å². The number of rotatable bonds is 1. The summed E-state index contributed by atoms with van der Waals surface area (Å²) in [5, 5.41) is 2.04. The minimum absolute atomic E-state index is 0.816. The van der Waals surface area contributed by atoms with E-state index >= 15 is 0 Å². The van der Waals surface area contributed by atoms with Gasteiger partial charge in [-0.2, -0.15) is 0 Å². The average Bonchev–Trinajstić information content (AvgIpc) is 2.86. The summed E-state index contributed by atoms with van der Waals surface area (Å²) in [7, 11) is 0. The normalized spacial score (nSPS) is 11.0. The first-order valence-electron chi connectivity index (χ1n) is 4.38. The lowest BCUT2D eigenvalue weighted by atomic mass is 10.3. The summed E-state index contributed by atoms with van der Waals surface area (Å²) >= 11 is 5.06. The standard InChI is InChI=1S/C10H6BrN3S/c11-8-6-14-4-3-12-10(14)9(13-8)7-2-1-5-15-7/h1-6H. The Labute approximate surface area is 98.6 Å². The van der Waals surface area contributed by atoms with Gasteiger partial charge in [-0.25, -0.2) is 9.97 Å². The van der Waals surface area contributed by atoms with Crippen molar-refractivity contribution in [2.75, 3.05) is 0 Å². The fraction of sp³-hybridized carbons (Fsp3) is 0. The van der Waals surface area contributed by atoms with Gasteiger partial charge in [0.25, 0.3) is 0 Å². The van der Waals surface area contributed by atoms with Crippen molar-refractivity contribution in [2.45, 2.75) is 0 Å². The Morgan fingerprint density at radius 2 is 2.33 bits per heavy atom. The summed E-state index contributed by atoms with van der Waals surface area (Å²) in [6.07, 6.45) is 5.60. The topological polar surface area (TPSA) is 30.2 Å². The van der Waals surface area contributed by atoms with Crippen molar-refractivity contribution in [3.8, 4) is 10.6 Å². The van der Waals surface area contributed by atoms with E-state index in [4.69, 9.17) is 0 Å². The molecule has 0 N–H and O–H groups in total. The summed E-state index contributed by atoms with van der Waals surface area (Å²) in [6.45, 7) is 0. The zero-order valence-corrected chi connectivity index (χ0v) is 9.99. The quantitative estimate of drug-likeness (QED) is 0.685. The van der Waals surface area contributed by atoms with Crippen molar-refractivity contribution < 1.29 is 0 Å². The highest BCUT2D eigenvalue weighted by atomic mass is 79.9. The van der Waals surface area contributed by atoms with Crippen molar-refractivity contribution in [3.05, 3.63) is 40.7 Å². The Kier molecular flexibility index (Phi) is 2.07. The molecule has 0 radical (unpaired) electrons. The molecule has 3 nitrogen and oxygen atoms in total. The average molecular weight is 280 g/mol. The van der Waals surface area contributed by atoms with Gasteiger partial charge in [-0.05, 0) is 27.4 Å². The van der Waals surface area contributed by atoms with E-state index in [1.807, 2.05) is 34.3 Å². The second-order valence-corrected chi connectivity index (χ2v) is 4.81. The molecular formula is C10H6BrN3S. The van der Waals surface area contributed by atoms with Gasteiger partial charge in [0.15, 0.2) is 5.65 Å². The maximum absolute atomic E-state index is 4.46. The molecule has 0 amide bonds. The van der Waals surface area contributed by atoms with Gasteiger partial charge in [0.1, 0.15) is 10.3 Å². The van der Waals surface area contributed by atoms with Crippen molar-refractivity contribution in [1.29, 1.82) is 0 Å². The number of nitrogens with zero attached hydrogens (tertiary/aromatic N) is 3. The minimum Gasteiger partial charge on any atom is -0.303 e. The highest BCUT2D eigenvalue weighted by Gasteiger charge is 2.09. The van der Waals surface area contributed by atoms with E-state index in [1.165, 1.54) is 0 Å². The van der Waals surface area contributed by atoms with E-state index in [1.54, 1.807) is 17.5 Å². The second-order valence-electron chi connectivity index (χ2n) is 3.05. The lowest BCUT2D eigenvalue weighted by Crippen LogP contribution is -1.91. The molecule has 3 rings (SSSR count). The van der Waals surface area contributed by atoms with Crippen LogP contribution in [0.25, 0.3) is 16.2 Å². The minimum atomic E-state index is 0.816. The van der Waals surface area contributed by atoms with Gasteiger partial charge >= 0.3 is 0 Å². The van der Waals surface area contributed by atoms with Gasteiger partial charge in [0, 0.05) is 18.6 Å². The number of halogens is 1. The Morgan fingerprint density at radius 1 is 1.40 bits per heavy atom. The largest absolute Gasteiger partial charge is 0.303 e. The van der Waals surface area contributed by atoms with Crippen LogP contribution >= 0.6 is 27.3 Å². The van der Waals surface area contributed by atoms with Crippen molar-refractivity contribution in [1.82, 2.24) is 14.4 Å². The van der Waals surface area contributed by atoms with Crippen LogP contribution in [0.4, 0.5) is 0 Å². The number of hydrogen-bond acceptors (Lipinski definition) is 3. The molecule has 0 saturated carbocycles. The molecule has 0 aliphatic rings. The monoisotopic (exact) mass is 279 g/mol. The number of imidazole rings is 1. The Hall–Kier alpha value is -1.20. The van der Waals surface area contributed by atoms with Crippen molar-refractivity contribution >= 4 is 32.9 Å². The molecule has 0 unspecified atom stereocenters. The zero-order chi connectivity index (χ0) is 10.3. The molecule has 3 aromatic rings. The van der Waals surface area contributed by atoms with E-state index in [-0.39, 0.29) is 0 Å². The molecule has 0 aliphatic carbocycles. The van der Waals surface area contributed by atoms with Crippen LogP contribution in [0, 0.1) is 0 Å². The summed E-state index contributed by atoms with van der Waals surface area (Å²) in [5.41, 5.74) is 1.81. The molecule has 0 saturated heterocycles. The van der Waals surface area contributed by atoms with E-state index in [9.17, 15) is 0 Å². The highest BCUT2D eigenvalue weighted by Crippen LogP contribution is 2.27. The van der Waals surface area contributed by atoms with Crippen molar-refractivity contribution in [2.24, 2.45) is 0 Å². The summed E-state index contributed by atoms with van der Waals surface area (Å²) in [5.74, 6) is 0. The van der Waals surface area contributed by atoms with Crippen LogP contribution in [0.2, 0.25) is 0 Å². The molecular weight excluding hydrogens is 274 g/mol. The number of fused-ring (bicyclic) bond motifs is 1. The van der Waals surface area contributed by atoms with Gasteiger partial charge in [0.2, 0.25) is 0 Å². The first-order valence-corrected chi connectivity index (χ1v) is 6.05. The van der Waals surface area contributed by atoms with Crippen LogP contribution in [-0.4, -0.2) is 14.4 Å². The van der Waals surface area contributed by atoms with Crippen LogP contribution in [0.15, 0.2) is 40.7 Å². The first-order chi connectivity index (χ1) is 7.34. The highest BCUT2D eigenvalue weighted by molar-refractivity contribution is 9.10. The molecule has 0 fully saturated rings. The summed E-state index contributed by atoms with van der Waals surface area (Å²) < 4.78 is 2.78. The molecule has 5 heteroatoms. The predicted molar refractivity (Wildman–Crippen MR) is 64.0 cm³/mol. The molecule has 3 heterocycles. The summed E-state index contributed by atoms with van der Waals surface area (Å²) in [6, 6.07) is 4.07. The molecule has 0 spiro atoms. The van der Waals surface area contributed by atoms with Crippen LogP contribution in [0.3, 0.4) is 0 Å². The smallest absolute Gasteiger partial charge is 0.164 e. The SMILES string of the molecule is Brc1cn2ccnc2c(-c2cccs2)n1. The summed E-state index contributed by atoms with van der Waals surface area (Å²) in [4.78, 5) is 9.89. The third-order valence-corrected chi connectivity index (χ3v) is 3.36. The number of hydrogen-bond donors (Lipinski definition) is 0. The van der Waals surface area contributed by atoms with Crippen LogP contribution < -0.4 is 0 Å². The molecule has 0 bridgehead atoms.